The lowest BCUT2D eigenvalue weighted by Gasteiger charge is -2.21. The Kier molecular flexibility index (Phi) is 4.59. The molecule has 1 atom stereocenters. The summed E-state index contributed by atoms with van der Waals surface area (Å²) in [5.41, 5.74) is 0.383. The number of hydrogen-bond donors (Lipinski definition) is 2. The Hall–Kier alpha value is -2.56. The Bertz CT molecular complexity index is 746. The van der Waals surface area contributed by atoms with Crippen molar-refractivity contribution in [1.82, 2.24) is 0 Å². The zero-order valence-electron chi connectivity index (χ0n) is 13.7. The number of aliphatic carboxylic acids is 1. The van der Waals surface area contributed by atoms with Gasteiger partial charge in [-0.25, -0.2) is 4.79 Å². The summed E-state index contributed by atoms with van der Waals surface area (Å²) in [5.74, 6) is -1.39. The van der Waals surface area contributed by atoms with E-state index in [0.29, 0.717) is 11.3 Å². The average molecular weight is 315 g/mol. The quantitative estimate of drug-likeness (QED) is 0.842. The van der Waals surface area contributed by atoms with Gasteiger partial charge < -0.3 is 15.2 Å². The predicted molar refractivity (Wildman–Crippen MR) is 89.8 cm³/mol. The number of carboxylic acids is 1. The van der Waals surface area contributed by atoms with Crippen molar-refractivity contribution >= 4 is 28.4 Å². The van der Waals surface area contributed by atoms with Crippen molar-refractivity contribution in [3.8, 4) is 0 Å². The molecule has 0 spiro atoms. The molecule has 0 bridgehead atoms. The van der Waals surface area contributed by atoms with Gasteiger partial charge in [0, 0.05) is 5.69 Å². The Morgan fingerprint density at radius 2 is 1.83 bits per heavy atom. The van der Waals surface area contributed by atoms with Crippen LogP contribution in [-0.4, -0.2) is 28.7 Å². The van der Waals surface area contributed by atoms with Crippen LogP contribution >= 0.6 is 0 Å². The molecule has 0 fully saturated rings. The lowest BCUT2D eigenvalue weighted by molar-refractivity contribution is -0.137. The SMILES string of the molecule is C[C@H](Nc1cc(C(=O)OC(C)(C)C)c2ccccc2c1)C(=O)O. The molecule has 0 saturated carbocycles. The number of hydrogen-bond acceptors (Lipinski definition) is 4. The number of nitrogens with one attached hydrogen (secondary N) is 1. The van der Waals surface area contributed by atoms with E-state index in [1.807, 2.05) is 51.1 Å². The molecule has 0 saturated heterocycles. The molecule has 0 aliphatic rings. The van der Waals surface area contributed by atoms with Crippen LogP contribution in [0.5, 0.6) is 0 Å². The van der Waals surface area contributed by atoms with E-state index in [1.165, 1.54) is 0 Å². The maximum Gasteiger partial charge on any atom is 0.339 e. The van der Waals surface area contributed by atoms with E-state index in [1.54, 1.807) is 13.0 Å². The molecule has 0 aliphatic heterocycles. The van der Waals surface area contributed by atoms with Gasteiger partial charge in [0.2, 0.25) is 0 Å². The summed E-state index contributed by atoms with van der Waals surface area (Å²) in [6.45, 7) is 6.97. The van der Waals surface area contributed by atoms with Gasteiger partial charge in [0.25, 0.3) is 0 Å². The van der Waals surface area contributed by atoms with Crippen LogP contribution in [0.2, 0.25) is 0 Å². The normalized spacial score (nSPS) is 12.7. The second-order valence-electron chi connectivity index (χ2n) is 6.45. The topological polar surface area (TPSA) is 75.6 Å². The molecule has 23 heavy (non-hydrogen) atoms. The zero-order chi connectivity index (χ0) is 17.2. The Morgan fingerprint density at radius 3 is 2.43 bits per heavy atom. The van der Waals surface area contributed by atoms with Crippen LogP contribution in [0.25, 0.3) is 10.8 Å². The number of anilines is 1. The lowest BCUT2D eigenvalue weighted by atomic mass is 10.0. The van der Waals surface area contributed by atoms with Crippen LogP contribution in [0.1, 0.15) is 38.1 Å². The van der Waals surface area contributed by atoms with Crippen LogP contribution in [-0.2, 0) is 9.53 Å². The number of carbonyl (C=O) groups excluding carboxylic acids is 1. The largest absolute Gasteiger partial charge is 0.480 e. The first kappa shape index (κ1) is 16.8. The summed E-state index contributed by atoms with van der Waals surface area (Å²) in [6, 6.07) is 10.1. The van der Waals surface area contributed by atoms with Gasteiger partial charge >= 0.3 is 11.9 Å². The molecule has 0 unspecified atom stereocenters. The lowest BCUT2D eigenvalue weighted by Crippen LogP contribution is -2.26. The first-order valence-electron chi connectivity index (χ1n) is 7.43. The van der Waals surface area contributed by atoms with E-state index in [4.69, 9.17) is 9.84 Å². The predicted octanol–water partition coefficient (Wildman–Crippen LogP) is 3.68. The highest BCUT2D eigenvalue weighted by Gasteiger charge is 2.21. The highest BCUT2D eigenvalue weighted by atomic mass is 16.6. The van der Waals surface area contributed by atoms with Crippen molar-refractivity contribution in [2.45, 2.75) is 39.3 Å². The molecule has 2 rings (SSSR count). The van der Waals surface area contributed by atoms with E-state index < -0.39 is 23.6 Å². The van der Waals surface area contributed by atoms with Crippen LogP contribution in [0.4, 0.5) is 5.69 Å². The molecule has 0 heterocycles. The third-order valence-corrected chi connectivity index (χ3v) is 3.23. The van der Waals surface area contributed by atoms with Gasteiger partial charge in [-0.2, -0.15) is 0 Å². The molecule has 2 N–H and O–H groups in total. The second-order valence-corrected chi connectivity index (χ2v) is 6.45. The standard InChI is InChI=1S/C18H21NO4/c1-11(16(20)21)19-13-9-12-7-5-6-8-14(12)15(10-13)17(22)23-18(2,3)4/h5-11,19H,1-4H3,(H,20,21)/t11-/m0/s1. The van der Waals surface area contributed by atoms with E-state index in [-0.39, 0.29) is 0 Å². The van der Waals surface area contributed by atoms with Gasteiger partial charge in [0.15, 0.2) is 0 Å². The molecular weight excluding hydrogens is 294 g/mol. The number of ether oxygens (including phenoxy) is 1. The maximum absolute atomic E-state index is 12.5. The minimum atomic E-state index is -0.961. The number of esters is 1. The zero-order valence-corrected chi connectivity index (χ0v) is 13.7. The molecular formula is C18H21NO4. The number of carboxylic acid groups (broad SMARTS) is 1. The summed E-state index contributed by atoms with van der Waals surface area (Å²) >= 11 is 0. The molecule has 0 aromatic heterocycles. The molecule has 2 aromatic carbocycles. The molecule has 0 radical (unpaired) electrons. The molecule has 5 nitrogen and oxygen atoms in total. The number of rotatable bonds is 4. The van der Waals surface area contributed by atoms with Crippen molar-refractivity contribution in [1.29, 1.82) is 0 Å². The summed E-state index contributed by atoms with van der Waals surface area (Å²) in [4.78, 5) is 23.5. The van der Waals surface area contributed by atoms with Gasteiger partial charge in [-0.1, -0.05) is 24.3 Å². The van der Waals surface area contributed by atoms with Crippen molar-refractivity contribution in [3.05, 3.63) is 42.0 Å². The fourth-order valence-corrected chi connectivity index (χ4v) is 2.21. The first-order valence-corrected chi connectivity index (χ1v) is 7.43. The van der Waals surface area contributed by atoms with Crippen LogP contribution in [0.15, 0.2) is 36.4 Å². The number of benzene rings is 2. The van der Waals surface area contributed by atoms with E-state index >= 15 is 0 Å². The average Bonchev–Trinajstić information content (AvgIpc) is 2.44. The summed E-state index contributed by atoms with van der Waals surface area (Å²) in [7, 11) is 0. The maximum atomic E-state index is 12.5. The Morgan fingerprint density at radius 1 is 1.17 bits per heavy atom. The third kappa shape index (κ3) is 4.22. The monoisotopic (exact) mass is 315 g/mol. The van der Waals surface area contributed by atoms with Crippen molar-refractivity contribution in [2.75, 3.05) is 5.32 Å². The van der Waals surface area contributed by atoms with Gasteiger partial charge in [-0.3, -0.25) is 4.79 Å². The highest BCUT2D eigenvalue weighted by Crippen LogP contribution is 2.26. The van der Waals surface area contributed by atoms with Gasteiger partial charge in [-0.15, -0.1) is 0 Å². The van der Waals surface area contributed by atoms with E-state index in [0.717, 1.165) is 10.8 Å². The van der Waals surface area contributed by atoms with Crippen LogP contribution in [0, 0.1) is 0 Å². The van der Waals surface area contributed by atoms with Gasteiger partial charge in [-0.05, 0) is 50.6 Å². The smallest absolute Gasteiger partial charge is 0.339 e. The summed E-state index contributed by atoms with van der Waals surface area (Å²) in [6.07, 6.45) is 0. The van der Waals surface area contributed by atoms with E-state index in [2.05, 4.69) is 5.32 Å². The summed E-state index contributed by atoms with van der Waals surface area (Å²) < 4.78 is 5.46. The Labute approximate surface area is 135 Å². The fourth-order valence-electron chi connectivity index (χ4n) is 2.21. The summed E-state index contributed by atoms with van der Waals surface area (Å²) in [5, 5.41) is 13.5. The fraction of sp³-hybridized carbons (Fsp3) is 0.333. The first-order chi connectivity index (χ1) is 10.7. The third-order valence-electron chi connectivity index (χ3n) is 3.23. The Balaban J connectivity index is 2.48. The molecule has 0 amide bonds. The minimum Gasteiger partial charge on any atom is -0.480 e. The van der Waals surface area contributed by atoms with Crippen molar-refractivity contribution in [2.24, 2.45) is 0 Å². The second kappa shape index (κ2) is 6.28. The van der Waals surface area contributed by atoms with Crippen molar-refractivity contribution < 1.29 is 19.4 Å². The molecule has 2 aromatic rings. The molecule has 0 aliphatic carbocycles. The van der Waals surface area contributed by atoms with Gasteiger partial charge in [0.05, 0.1) is 5.56 Å². The van der Waals surface area contributed by atoms with Crippen molar-refractivity contribution in [3.63, 3.8) is 0 Å². The van der Waals surface area contributed by atoms with Crippen LogP contribution < -0.4 is 5.32 Å². The van der Waals surface area contributed by atoms with E-state index in [9.17, 15) is 9.59 Å². The van der Waals surface area contributed by atoms with Crippen LogP contribution in [0.3, 0.4) is 0 Å². The molecule has 5 heteroatoms. The highest BCUT2D eigenvalue weighted by molar-refractivity contribution is 6.06. The molecule has 122 valence electrons. The number of fused-ring (bicyclic) bond motifs is 1. The minimum absolute atomic E-state index is 0.415. The number of carbonyl (C=O) groups is 2. The van der Waals surface area contributed by atoms with Gasteiger partial charge in [0.1, 0.15) is 11.6 Å².